The molecule has 1 fully saturated rings. The van der Waals surface area contributed by atoms with Crippen LogP contribution in [0.15, 0.2) is 40.8 Å². The van der Waals surface area contributed by atoms with Crippen LogP contribution in [0.3, 0.4) is 0 Å². The summed E-state index contributed by atoms with van der Waals surface area (Å²) in [7, 11) is 5.60. The third-order valence-electron chi connectivity index (χ3n) is 5.99. The molecule has 2 N–H and O–H groups in total. The van der Waals surface area contributed by atoms with Crippen molar-refractivity contribution in [3.8, 4) is 5.75 Å². The molecule has 2 aromatic rings. The van der Waals surface area contributed by atoms with Crippen molar-refractivity contribution in [2.45, 2.75) is 38.8 Å². The number of hydrogen-bond donors (Lipinski definition) is 2. The Morgan fingerprint density at radius 1 is 1.23 bits per heavy atom. The molecule has 2 amide bonds. The number of likely N-dealkylation sites (tertiary alicyclic amines) is 1. The number of halogens is 1. The molecule has 1 aliphatic rings. The van der Waals surface area contributed by atoms with Gasteiger partial charge in [-0.1, -0.05) is 38.4 Å². The molecular weight excluding hydrogens is 468 g/mol. The number of furan rings is 1. The Labute approximate surface area is 212 Å². The maximum Gasteiger partial charge on any atom is 0.289 e. The van der Waals surface area contributed by atoms with Crippen molar-refractivity contribution in [1.29, 1.82) is 0 Å². The number of benzene rings is 1. The average molecular weight is 503 g/mol. The minimum absolute atomic E-state index is 0.0459. The van der Waals surface area contributed by atoms with Crippen molar-refractivity contribution in [3.05, 3.63) is 58.5 Å². The van der Waals surface area contributed by atoms with Gasteiger partial charge in [-0.15, -0.1) is 0 Å². The molecule has 0 spiro atoms. The highest BCUT2D eigenvalue weighted by Gasteiger charge is 2.35. The molecule has 9 heteroatoms. The number of carbonyl (C=O) groups is 2. The molecule has 1 aliphatic heterocycles. The fourth-order valence-corrected chi connectivity index (χ4v) is 4.18. The average Bonchev–Trinajstić information content (AvgIpc) is 3.19. The summed E-state index contributed by atoms with van der Waals surface area (Å²) in [6.45, 7) is 8.13. The van der Waals surface area contributed by atoms with E-state index < -0.39 is 0 Å². The summed E-state index contributed by atoms with van der Waals surface area (Å²) in [6.07, 6.45) is 3.41. The van der Waals surface area contributed by atoms with E-state index in [1.54, 1.807) is 35.1 Å². The monoisotopic (exact) mass is 502 g/mol. The highest BCUT2D eigenvalue weighted by Crippen LogP contribution is 2.37. The first-order valence-corrected chi connectivity index (χ1v) is 12.0. The maximum atomic E-state index is 12.9. The van der Waals surface area contributed by atoms with Gasteiger partial charge in [0.1, 0.15) is 11.5 Å². The van der Waals surface area contributed by atoms with Crippen LogP contribution in [0.5, 0.6) is 5.75 Å². The molecule has 0 saturated carbocycles. The summed E-state index contributed by atoms with van der Waals surface area (Å²) >= 11 is 6.30. The lowest BCUT2D eigenvalue weighted by atomic mass is 9.86. The Kier molecular flexibility index (Phi) is 8.18. The number of phenolic OH excluding ortho intramolecular Hbond substituents is 1. The molecule has 0 aliphatic carbocycles. The number of anilines is 1. The lowest BCUT2D eigenvalue weighted by molar-refractivity contribution is -0.132. The molecule has 190 valence electrons. The van der Waals surface area contributed by atoms with Crippen LogP contribution in [0.2, 0.25) is 5.02 Å². The van der Waals surface area contributed by atoms with Crippen LogP contribution in [0.4, 0.5) is 5.69 Å². The first-order chi connectivity index (χ1) is 16.4. The summed E-state index contributed by atoms with van der Waals surface area (Å²) in [5, 5.41) is 13.9. The van der Waals surface area contributed by atoms with E-state index in [0.29, 0.717) is 42.6 Å². The fourth-order valence-electron chi connectivity index (χ4n) is 3.74. The van der Waals surface area contributed by atoms with Crippen LogP contribution < -0.4 is 5.32 Å². The molecule has 3 rings (SSSR count). The Morgan fingerprint density at radius 2 is 1.91 bits per heavy atom. The smallest absolute Gasteiger partial charge is 0.289 e. The number of nitrogens with zero attached hydrogens (tertiary/aromatic N) is 3. The summed E-state index contributed by atoms with van der Waals surface area (Å²) in [5.41, 5.74) is 1.28. The van der Waals surface area contributed by atoms with Gasteiger partial charge < -0.3 is 29.5 Å². The fraction of sp³-hybridized carbons (Fsp3) is 0.462. The molecule has 2 heterocycles. The van der Waals surface area contributed by atoms with Crippen LogP contribution in [0.1, 0.15) is 42.6 Å². The highest BCUT2D eigenvalue weighted by atomic mass is 35.5. The van der Waals surface area contributed by atoms with E-state index in [2.05, 4.69) is 26.1 Å². The number of phenols is 1. The molecule has 0 unspecified atom stereocenters. The van der Waals surface area contributed by atoms with E-state index in [0.717, 1.165) is 5.56 Å². The summed E-state index contributed by atoms with van der Waals surface area (Å²) in [6, 6.07) is 6.69. The van der Waals surface area contributed by atoms with Gasteiger partial charge in [-0.05, 0) is 43.3 Å². The lowest BCUT2D eigenvalue weighted by Gasteiger charge is -2.43. The second-order valence-corrected chi connectivity index (χ2v) is 10.6. The van der Waals surface area contributed by atoms with Crippen molar-refractivity contribution in [1.82, 2.24) is 14.7 Å². The van der Waals surface area contributed by atoms with E-state index in [1.807, 2.05) is 31.1 Å². The Bertz CT molecular complexity index is 1100. The molecule has 8 nitrogen and oxygen atoms in total. The van der Waals surface area contributed by atoms with E-state index in [4.69, 9.17) is 16.0 Å². The first kappa shape index (κ1) is 26.6. The molecule has 1 aromatic carbocycles. The number of amides is 2. The van der Waals surface area contributed by atoms with Gasteiger partial charge in [0.25, 0.3) is 5.91 Å². The predicted molar refractivity (Wildman–Crippen MR) is 138 cm³/mol. The highest BCUT2D eigenvalue weighted by molar-refractivity contribution is 6.31. The number of nitrogens with one attached hydrogen (secondary N) is 1. The van der Waals surface area contributed by atoms with Gasteiger partial charge in [-0.2, -0.15) is 0 Å². The minimum atomic E-state index is -0.235. The molecular formula is C26H35ClN4O4. The predicted octanol–water partition coefficient (Wildman–Crippen LogP) is 3.95. The van der Waals surface area contributed by atoms with Crippen molar-refractivity contribution >= 4 is 29.1 Å². The lowest BCUT2D eigenvalue weighted by Crippen LogP contribution is -2.61. The topological polar surface area (TPSA) is 89.3 Å². The van der Waals surface area contributed by atoms with Crippen molar-refractivity contribution in [2.75, 3.05) is 46.1 Å². The van der Waals surface area contributed by atoms with Crippen LogP contribution >= 0.6 is 11.6 Å². The minimum Gasteiger partial charge on any atom is -0.506 e. The van der Waals surface area contributed by atoms with Gasteiger partial charge in [0.05, 0.1) is 18.3 Å². The van der Waals surface area contributed by atoms with E-state index in [-0.39, 0.29) is 34.8 Å². The Balaban J connectivity index is 1.55. The van der Waals surface area contributed by atoms with Crippen molar-refractivity contribution in [3.63, 3.8) is 0 Å². The molecule has 0 radical (unpaired) electrons. The van der Waals surface area contributed by atoms with Crippen LogP contribution in [-0.2, 0) is 16.8 Å². The largest absolute Gasteiger partial charge is 0.506 e. The molecule has 0 bridgehead atoms. The summed E-state index contributed by atoms with van der Waals surface area (Å²) in [4.78, 5) is 30.4. The van der Waals surface area contributed by atoms with Crippen LogP contribution in [-0.4, -0.2) is 78.4 Å². The standard InChI is InChI=1S/C26H35ClN4O4/c1-26(2,3)19-12-21(22(32)13-20(19)27)28-14-18-9-10-23(35-18)25(34)30(6)17-15-31(16-17)24(33)8-7-11-29(4)5/h7-10,12-13,17,28,32H,11,14-16H2,1-6H3/b8-7+. The zero-order chi connectivity index (χ0) is 25.9. The van der Waals surface area contributed by atoms with Gasteiger partial charge in [-0.3, -0.25) is 9.59 Å². The quantitative estimate of drug-likeness (QED) is 0.419. The normalized spacial score (nSPS) is 14.5. The van der Waals surface area contributed by atoms with Crippen molar-refractivity contribution in [2.24, 2.45) is 0 Å². The molecule has 1 aromatic heterocycles. The van der Waals surface area contributed by atoms with E-state index in [1.165, 1.54) is 6.07 Å². The van der Waals surface area contributed by atoms with Gasteiger partial charge in [0.15, 0.2) is 5.76 Å². The second kappa shape index (κ2) is 10.7. The number of aromatic hydroxyl groups is 1. The third kappa shape index (κ3) is 6.58. The molecule has 35 heavy (non-hydrogen) atoms. The molecule has 0 atom stereocenters. The van der Waals surface area contributed by atoms with Gasteiger partial charge >= 0.3 is 0 Å². The third-order valence-corrected chi connectivity index (χ3v) is 6.30. The Morgan fingerprint density at radius 3 is 2.54 bits per heavy atom. The zero-order valence-electron chi connectivity index (χ0n) is 21.3. The van der Waals surface area contributed by atoms with Crippen LogP contribution in [0, 0.1) is 0 Å². The SMILES string of the molecule is CN(C)C/C=C/C(=O)N1CC(N(C)C(=O)c2ccc(CNc3cc(C(C)(C)C)c(Cl)cc3O)o2)C1. The van der Waals surface area contributed by atoms with Gasteiger partial charge in [0, 0.05) is 43.8 Å². The summed E-state index contributed by atoms with van der Waals surface area (Å²) in [5.74, 6) is 0.558. The second-order valence-electron chi connectivity index (χ2n) is 10.2. The van der Waals surface area contributed by atoms with Gasteiger partial charge in [0.2, 0.25) is 5.91 Å². The number of hydrogen-bond acceptors (Lipinski definition) is 6. The van der Waals surface area contributed by atoms with Crippen LogP contribution in [0.25, 0.3) is 0 Å². The van der Waals surface area contributed by atoms with Gasteiger partial charge in [-0.25, -0.2) is 0 Å². The summed E-state index contributed by atoms with van der Waals surface area (Å²) < 4.78 is 5.76. The number of likely N-dealkylation sites (N-methyl/N-ethyl adjacent to an activating group) is 2. The number of carbonyl (C=O) groups excluding carboxylic acids is 2. The molecule has 1 saturated heterocycles. The zero-order valence-corrected chi connectivity index (χ0v) is 22.0. The maximum absolute atomic E-state index is 12.9. The van der Waals surface area contributed by atoms with Crippen molar-refractivity contribution < 1.29 is 19.1 Å². The van der Waals surface area contributed by atoms with E-state index >= 15 is 0 Å². The number of rotatable bonds is 8. The Hall–Kier alpha value is -2.97. The van der Waals surface area contributed by atoms with E-state index in [9.17, 15) is 14.7 Å². The first-order valence-electron chi connectivity index (χ1n) is 11.6.